The van der Waals surface area contributed by atoms with E-state index in [1.165, 1.54) is 4.31 Å². The van der Waals surface area contributed by atoms with E-state index in [9.17, 15) is 13.2 Å². The van der Waals surface area contributed by atoms with Gasteiger partial charge in [0.1, 0.15) is 10.6 Å². The Bertz CT molecular complexity index is 1250. The van der Waals surface area contributed by atoms with Crippen LogP contribution in [0, 0.1) is 13.8 Å². The van der Waals surface area contributed by atoms with E-state index in [2.05, 4.69) is 5.10 Å². The van der Waals surface area contributed by atoms with Crippen LogP contribution in [0.1, 0.15) is 17.8 Å². The molecular formula is C23H28N4O4S. The Morgan fingerprint density at radius 2 is 1.78 bits per heavy atom. The van der Waals surface area contributed by atoms with Crippen molar-refractivity contribution in [1.29, 1.82) is 0 Å². The van der Waals surface area contributed by atoms with Crippen LogP contribution in [0.3, 0.4) is 0 Å². The molecule has 0 bridgehead atoms. The number of amides is 1. The molecule has 0 saturated carbocycles. The first kappa shape index (κ1) is 22.3. The first-order valence-corrected chi connectivity index (χ1v) is 12.1. The van der Waals surface area contributed by atoms with Gasteiger partial charge in [0, 0.05) is 33.2 Å². The van der Waals surface area contributed by atoms with Crippen LogP contribution in [-0.2, 0) is 21.9 Å². The van der Waals surface area contributed by atoms with E-state index in [0.717, 1.165) is 10.8 Å². The molecule has 1 amide bonds. The predicted octanol–water partition coefficient (Wildman–Crippen LogP) is 2.49. The maximum atomic E-state index is 13.2. The molecule has 0 aliphatic carbocycles. The molecule has 1 saturated heterocycles. The largest absolute Gasteiger partial charge is 0.484 e. The van der Waals surface area contributed by atoms with Crippen LogP contribution in [0.5, 0.6) is 5.75 Å². The van der Waals surface area contributed by atoms with E-state index < -0.39 is 10.0 Å². The smallest absolute Gasteiger partial charge is 0.260 e. The second-order valence-electron chi connectivity index (χ2n) is 8.06. The zero-order chi connectivity index (χ0) is 22.9. The molecule has 2 aromatic carbocycles. The minimum atomic E-state index is -3.67. The van der Waals surface area contributed by atoms with Gasteiger partial charge < -0.3 is 9.64 Å². The van der Waals surface area contributed by atoms with Crippen molar-refractivity contribution in [1.82, 2.24) is 19.0 Å². The van der Waals surface area contributed by atoms with Crippen molar-refractivity contribution in [3.63, 3.8) is 0 Å². The normalized spacial score (nSPS) is 15.7. The Labute approximate surface area is 188 Å². The van der Waals surface area contributed by atoms with Crippen LogP contribution in [0.4, 0.5) is 0 Å². The first-order valence-electron chi connectivity index (χ1n) is 10.7. The molecule has 1 aliphatic heterocycles. The third-order valence-corrected chi connectivity index (χ3v) is 8.08. The highest BCUT2D eigenvalue weighted by Gasteiger charge is 2.32. The molecule has 0 radical (unpaired) electrons. The number of carbonyl (C=O) groups is 1. The van der Waals surface area contributed by atoms with Gasteiger partial charge in [0.05, 0.1) is 11.4 Å². The molecule has 1 aromatic heterocycles. The van der Waals surface area contributed by atoms with Gasteiger partial charge in [0.25, 0.3) is 5.91 Å². The summed E-state index contributed by atoms with van der Waals surface area (Å²) in [4.78, 5) is 14.7. The van der Waals surface area contributed by atoms with Crippen LogP contribution in [0.2, 0.25) is 0 Å². The summed E-state index contributed by atoms with van der Waals surface area (Å²) >= 11 is 0. The van der Waals surface area contributed by atoms with Gasteiger partial charge in [-0.3, -0.25) is 9.48 Å². The molecule has 3 aromatic rings. The molecule has 0 unspecified atom stereocenters. The van der Waals surface area contributed by atoms with Gasteiger partial charge in [-0.25, -0.2) is 8.42 Å². The molecule has 170 valence electrons. The van der Waals surface area contributed by atoms with Gasteiger partial charge in [-0.05, 0) is 43.2 Å². The number of aromatic nitrogens is 2. The Hall–Kier alpha value is -2.91. The summed E-state index contributed by atoms with van der Waals surface area (Å²) < 4.78 is 35.2. The number of rotatable bonds is 5. The lowest BCUT2D eigenvalue weighted by molar-refractivity contribution is -0.133. The second kappa shape index (κ2) is 8.91. The number of ether oxygens (including phenoxy) is 1. The van der Waals surface area contributed by atoms with Crippen LogP contribution in [-0.4, -0.2) is 66.1 Å². The highest BCUT2D eigenvalue weighted by Crippen LogP contribution is 2.24. The summed E-state index contributed by atoms with van der Waals surface area (Å²) in [7, 11) is -1.93. The van der Waals surface area contributed by atoms with Gasteiger partial charge in [-0.1, -0.05) is 30.3 Å². The molecule has 0 spiro atoms. The summed E-state index contributed by atoms with van der Waals surface area (Å²) in [5.74, 6) is 0.491. The summed E-state index contributed by atoms with van der Waals surface area (Å²) in [6.45, 7) is 4.83. The Balaban J connectivity index is 1.39. The van der Waals surface area contributed by atoms with E-state index in [1.54, 1.807) is 30.5 Å². The molecule has 4 rings (SSSR count). The Morgan fingerprint density at radius 1 is 1.03 bits per heavy atom. The lowest BCUT2D eigenvalue weighted by Gasteiger charge is -2.22. The van der Waals surface area contributed by atoms with Crippen LogP contribution in [0.25, 0.3) is 10.8 Å². The van der Waals surface area contributed by atoms with E-state index in [-0.39, 0.29) is 24.0 Å². The highest BCUT2D eigenvalue weighted by atomic mass is 32.2. The van der Waals surface area contributed by atoms with Gasteiger partial charge in [-0.2, -0.15) is 9.40 Å². The first-order chi connectivity index (χ1) is 15.3. The monoisotopic (exact) mass is 456 g/mol. The van der Waals surface area contributed by atoms with Gasteiger partial charge in [0.2, 0.25) is 10.0 Å². The number of hydrogen-bond donors (Lipinski definition) is 0. The van der Waals surface area contributed by atoms with Crippen LogP contribution < -0.4 is 4.74 Å². The fourth-order valence-corrected chi connectivity index (χ4v) is 6.00. The van der Waals surface area contributed by atoms with Crippen LogP contribution in [0.15, 0.2) is 47.4 Å². The molecule has 2 heterocycles. The van der Waals surface area contributed by atoms with Gasteiger partial charge >= 0.3 is 0 Å². The number of hydrogen-bond acceptors (Lipinski definition) is 5. The SMILES string of the molecule is Cc1nn(C)c(C)c1S(=O)(=O)N1CCCN(C(=O)COc2ccc3ccccc3c2)CC1. The summed E-state index contributed by atoms with van der Waals surface area (Å²) in [6.07, 6.45) is 0.569. The van der Waals surface area contributed by atoms with E-state index in [1.807, 2.05) is 42.5 Å². The molecule has 0 atom stereocenters. The summed E-state index contributed by atoms with van der Waals surface area (Å²) in [5.41, 5.74) is 1.11. The number of sulfonamides is 1. The van der Waals surface area contributed by atoms with Gasteiger partial charge in [0.15, 0.2) is 6.61 Å². The van der Waals surface area contributed by atoms with Gasteiger partial charge in [-0.15, -0.1) is 0 Å². The van der Waals surface area contributed by atoms with Crippen molar-refractivity contribution < 1.29 is 17.9 Å². The molecule has 0 N–H and O–H groups in total. The zero-order valence-electron chi connectivity index (χ0n) is 18.6. The fourth-order valence-electron chi connectivity index (χ4n) is 4.13. The number of carbonyl (C=O) groups excluding carboxylic acids is 1. The highest BCUT2D eigenvalue weighted by molar-refractivity contribution is 7.89. The van der Waals surface area contributed by atoms with Crippen molar-refractivity contribution in [2.24, 2.45) is 7.05 Å². The topological polar surface area (TPSA) is 84.7 Å². The maximum Gasteiger partial charge on any atom is 0.260 e. The zero-order valence-corrected chi connectivity index (χ0v) is 19.4. The quantitative estimate of drug-likeness (QED) is 0.589. The predicted molar refractivity (Wildman–Crippen MR) is 122 cm³/mol. The molecule has 1 fully saturated rings. The third-order valence-electron chi connectivity index (χ3n) is 5.93. The average Bonchev–Trinajstić information content (AvgIpc) is 2.94. The third kappa shape index (κ3) is 4.35. The fraction of sp³-hybridized carbons (Fsp3) is 0.391. The molecule has 8 nitrogen and oxygen atoms in total. The summed E-state index contributed by atoms with van der Waals surface area (Å²) in [6, 6.07) is 13.7. The lowest BCUT2D eigenvalue weighted by Crippen LogP contribution is -2.39. The minimum absolute atomic E-state index is 0.0775. The number of benzene rings is 2. The molecule has 1 aliphatic rings. The van der Waals surface area contributed by atoms with Crippen molar-refractivity contribution in [3.05, 3.63) is 53.9 Å². The van der Waals surface area contributed by atoms with E-state index >= 15 is 0 Å². The van der Waals surface area contributed by atoms with E-state index in [4.69, 9.17) is 4.74 Å². The van der Waals surface area contributed by atoms with E-state index in [0.29, 0.717) is 43.2 Å². The number of aryl methyl sites for hydroxylation is 2. The van der Waals surface area contributed by atoms with Crippen molar-refractivity contribution >= 4 is 26.7 Å². The standard InChI is InChI=1S/C23H28N4O4S/c1-17-23(18(2)25(3)24-17)32(29,30)27-12-6-11-26(13-14-27)22(28)16-31-21-10-9-19-7-4-5-8-20(19)15-21/h4-5,7-10,15H,6,11-14,16H2,1-3H3. The van der Waals surface area contributed by atoms with Crippen molar-refractivity contribution in [2.75, 3.05) is 32.8 Å². The van der Waals surface area contributed by atoms with Crippen LogP contribution >= 0.6 is 0 Å². The lowest BCUT2D eigenvalue weighted by atomic mass is 10.1. The Morgan fingerprint density at radius 3 is 2.50 bits per heavy atom. The average molecular weight is 457 g/mol. The molecule has 9 heteroatoms. The Kier molecular flexibility index (Phi) is 6.21. The summed E-state index contributed by atoms with van der Waals surface area (Å²) in [5, 5.41) is 6.40. The number of nitrogens with zero attached hydrogens (tertiary/aromatic N) is 4. The minimum Gasteiger partial charge on any atom is -0.484 e. The second-order valence-corrected chi connectivity index (χ2v) is 9.93. The maximum absolute atomic E-state index is 13.2. The molecular weight excluding hydrogens is 428 g/mol. The molecule has 32 heavy (non-hydrogen) atoms. The van der Waals surface area contributed by atoms with Crippen molar-refractivity contribution in [2.45, 2.75) is 25.2 Å². The number of fused-ring (bicyclic) bond motifs is 1. The van der Waals surface area contributed by atoms with Crippen molar-refractivity contribution in [3.8, 4) is 5.75 Å².